The highest BCUT2D eigenvalue weighted by Crippen LogP contribution is 2.38. The molecule has 1 aromatic rings. The largest absolute Gasteiger partial charge is 0.433 e. The Morgan fingerprint density at radius 1 is 1.10 bits per heavy atom. The fourth-order valence-electron chi connectivity index (χ4n) is 2.39. The summed E-state index contributed by atoms with van der Waals surface area (Å²) in [7, 11) is 0. The Bertz CT molecular complexity index is 485. The van der Waals surface area contributed by atoms with Gasteiger partial charge in [-0.3, -0.25) is 0 Å². The van der Waals surface area contributed by atoms with Crippen LogP contribution in [0.1, 0.15) is 31.4 Å². The summed E-state index contributed by atoms with van der Waals surface area (Å²) in [6.45, 7) is 0. The summed E-state index contributed by atoms with van der Waals surface area (Å²) >= 11 is 0. The van der Waals surface area contributed by atoms with E-state index in [0.717, 1.165) is 6.20 Å². The number of aromatic nitrogens is 2. The van der Waals surface area contributed by atoms with Crippen LogP contribution in [0.5, 0.6) is 0 Å². The molecule has 21 heavy (non-hydrogen) atoms. The highest BCUT2D eigenvalue weighted by Gasteiger charge is 2.42. The minimum Gasteiger partial charge on any atom is -0.351 e. The molecule has 0 radical (unpaired) electrons. The van der Waals surface area contributed by atoms with E-state index in [-0.39, 0.29) is 18.8 Å². The fourth-order valence-corrected chi connectivity index (χ4v) is 2.39. The van der Waals surface area contributed by atoms with Gasteiger partial charge in [0.25, 0.3) is 0 Å². The molecular weight excluding hydrogens is 300 g/mol. The lowest BCUT2D eigenvalue weighted by atomic mass is 9.85. The highest BCUT2D eigenvalue weighted by molar-refractivity contribution is 5.27. The smallest absolute Gasteiger partial charge is 0.351 e. The van der Waals surface area contributed by atoms with Gasteiger partial charge in [-0.05, 0) is 25.3 Å². The number of hydrogen-bond donors (Lipinski definition) is 1. The molecule has 1 aromatic heterocycles. The molecule has 0 amide bonds. The van der Waals surface area contributed by atoms with E-state index in [9.17, 15) is 26.3 Å². The van der Waals surface area contributed by atoms with Crippen molar-refractivity contribution in [3.8, 4) is 0 Å². The molecule has 118 valence electrons. The predicted molar refractivity (Wildman–Crippen MR) is 62.5 cm³/mol. The molecule has 0 aliphatic heterocycles. The molecule has 0 spiro atoms. The lowest BCUT2D eigenvalue weighted by Crippen LogP contribution is -2.35. The van der Waals surface area contributed by atoms with Crippen LogP contribution in [0.2, 0.25) is 0 Å². The standard InChI is InChI=1S/C12H13F6N3/c13-11(14,15)7-2-1-3-8(6-7)20-10-19-5-4-9(21-10)12(16,17)18/h4-5,7-8H,1-3,6H2,(H,19,20,21)/t7-,8-/m1/s1. The van der Waals surface area contributed by atoms with Gasteiger partial charge in [0, 0.05) is 12.2 Å². The van der Waals surface area contributed by atoms with Gasteiger partial charge in [-0.15, -0.1) is 0 Å². The maximum Gasteiger partial charge on any atom is 0.433 e. The average molecular weight is 313 g/mol. The Morgan fingerprint density at radius 2 is 1.81 bits per heavy atom. The number of nitrogens with one attached hydrogen (secondary N) is 1. The summed E-state index contributed by atoms with van der Waals surface area (Å²) in [6, 6.07) is 0.138. The van der Waals surface area contributed by atoms with Crippen LogP contribution in [-0.4, -0.2) is 22.2 Å². The first kappa shape index (κ1) is 15.8. The SMILES string of the molecule is FC(F)(F)c1ccnc(N[C@@H]2CCC[C@@H](C(F)(F)F)C2)n1. The van der Waals surface area contributed by atoms with Crippen molar-refractivity contribution >= 4 is 5.95 Å². The lowest BCUT2D eigenvalue weighted by Gasteiger charge is -2.31. The van der Waals surface area contributed by atoms with E-state index in [2.05, 4.69) is 15.3 Å². The minimum atomic E-state index is -4.61. The molecule has 1 aliphatic carbocycles. The van der Waals surface area contributed by atoms with Crippen LogP contribution in [0.4, 0.5) is 32.3 Å². The summed E-state index contributed by atoms with van der Waals surface area (Å²) in [5.74, 6) is -1.73. The number of alkyl halides is 6. The summed E-state index contributed by atoms with van der Waals surface area (Å²) < 4.78 is 75.5. The first-order valence-corrected chi connectivity index (χ1v) is 6.40. The van der Waals surface area contributed by atoms with E-state index >= 15 is 0 Å². The number of rotatable bonds is 2. The summed E-state index contributed by atoms with van der Waals surface area (Å²) in [5.41, 5.74) is -1.12. The number of halogens is 6. The molecule has 1 aliphatic rings. The predicted octanol–water partition coefficient (Wildman–Crippen LogP) is 4.03. The third-order valence-electron chi connectivity index (χ3n) is 3.42. The van der Waals surface area contributed by atoms with Crippen LogP contribution in [0.25, 0.3) is 0 Å². The first-order chi connectivity index (χ1) is 9.66. The van der Waals surface area contributed by atoms with Crippen LogP contribution in [0, 0.1) is 5.92 Å². The zero-order chi connectivity index (χ0) is 15.7. The molecule has 9 heteroatoms. The van der Waals surface area contributed by atoms with Gasteiger partial charge in [0.05, 0.1) is 5.92 Å². The number of anilines is 1. The van der Waals surface area contributed by atoms with Crippen molar-refractivity contribution in [3.63, 3.8) is 0 Å². The van der Waals surface area contributed by atoms with Gasteiger partial charge in [0.15, 0.2) is 0 Å². The van der Waals surface area contributed by atoms with Crippen molar-refractivity contribution in [3.05, 3.63) is 18.0 Å². The maximum atomic E-state index is 12.7. The van der Waals surface area contributed by atoms with Crippen molar-refractivity contribution in [2.24, 2.45) is 5.92 Å². The normalized spacial score (nSPS) is 23.9. The zero-order valence-electron chi connectivity index (χ0n) is 10.8. The molecule has 0 saturated heterocycles. The molecule has 0 bridgehead atoms. The lowest BCUT2D eigenvalue weighted by molar-refractivity contribution is -0.182. The van der Waals surface area contributed by atoms with Crippen molar-refractivity contribution in [2.45, 2.75) is 44.1 Å². The molecule has 1 N–H and O–H groups in total. The van der Waals surface area contributed by atoms with E-state index in [4.69, 9.17) is 0 Å². The van der Waals surface area contributed by atoms with Crippen LogP contribution < -0.4 is 5.32 Å². The summed E-state index contributed by atoms with van der Waals surface area (Å²) in [4.78, 5) is 6.93. The van der Waals surface area contributed by atoms with Gasteiger partial charge < -0.3 is 5.32 Å². The second-order valence-corrected chi connectivity index (χ2v) is 5.01. The Morgan fingerprint density at radius 3 is 2.43 bits per heavy atom. The molecule has 0 unspecified atom stereocenters. The van der Waals surface area contributed by atoms with E-state index in [1.165, 1.54) is 0 Å². The molecule has 2 rings (SSSR count). The third-order valence-corrected chi connectivity index (χ3v) is 3.42. The van der Waals surface area contributed by atoms with Gasteiger partial charge in [0.2, 0.25) is 5.95 Å². The van der Waals surface area contributed by atoms with Crippen molar-refractivity contribution in [1.82, 2.24) is 9.97 Å². The van der Waals surface area contributed by atoms with E-state index < -0.39 is 30.0 Å². The summed E-state index contributed by atoms with van der Waals surface area (Å²) in [6.07, 6.45) is -7.28. The van der Waals surface area contributed by atoms with Gasteiger partial charge in [-0.2, -0.15) is 26.3 Å². The van der Waals surface area contributed by atoms with Crippen molar-refractivity contribution in [1.29, 1.82) is 0 Å². The molecule has 1 saturated carbocycles. The van der Waals surface area contributed by atoms with Gasteiger partial charge in [0.1, 0.15) is 5.69 Å². The Balaban J connectivity index is 2.05. The Labute approximate surface area is 116 Å². The molecule has 1 heterocycles. The number of hydrogen-bond acceptors (Lipinski definition) is 3. The van der Waals surface area contributed by atoms with E-state index in [1.807, 2.05) is 0 Å². The number of nitrogens with zero attached hydrogens (tertiary/aromatic N) is 2. The third kappa shape index (κ3) is 4.21. The Kier molecular flexibility index (Phi) is 4.29. The maximum absolute atomic E-state index is 12.7. The molecule has 0 aromatic carbocycles. The quantitative estimate of drug-likeness (QED) is 0.838. The van der Waals surface area contributed by atoms with Crippen LogP contribution in [0.3, 0.4) is 0 Å². The van der Waals surface area contributed by atoms with Crippen LogP contribution >= 0.6 is 0 Å². The van der Waals surface area contributed by atoms with Gasteiger partial charge >= 0.3 is 12.4 Å². The van der Waals surface area contributed by atoms with Crippen molar-refractivity contribution < 1.29 is 26.3 Å². The monoisotopic (exact) mass is 313 g/mol. The average Bonchev–Trinajstić information content (AvgIpc) is 2.37. The van der Waals surface area contributed by atoms with Crippen LogP contribution in [0.15, 0.2) is 12.3 Å². The minimum absolute atomic E-state index is 0.0468. The second kappa shape index (κ2) is 5.69. The topological polar surface area (TPSA) is 37.8 Å². The van der Waals surface area contributed by atoms with Gasteiger partial charge in [-0.25, -0.2) is 9.97 Å². The van der Waals surface area contributed by atoms with E-state index in [1.54, 1.807) is 0 Å². The van der Waals surface area contributed by atoms with Gasteiger partial charge in [-0.1, -0.05) is 6.42 Å². The van der Waals surface area contributed by atoms with E-state index in [0.29, 0.717) is 18.9 Å². The zero-order valence-corrected chi connectivity index (χ0v) is 10.8. The fraction of sp³-hybridized carbons (Fsp3) is 0.667. The molecular formula is C12H13F6N3. The van der Waals surface area contributed by atoms with Crippen molar-refractivity contribution in [2.75, 3.05) is 5.32 Å². The molecule has 3 nitrogen and oxygen atoms in total. The summed E-state index contributed by atoms with van der Waals surface area (Å²) in [5, 5.41) is 2.57. The Hall–Kier alpha value is -1.54. The second-order valence-electron chi connectivity index (χ2n) is 5.01. The first-order valence-electron chi connectivity index (χ1n) is 6.40. The molecule has 1 fully saturated rings. The molecule has 2 atom stereocenters. The van der Waals surface area contributed by atoms with Crippen LogP contribution in [-0.2, 0) is 6.18 Å². The highest BCUT2D eigenvalue weighted by atomic mass is 19.4.